The molecule has 1 aliphatic heterocycles. The zero-order chi connectivity index (χ0) is 16.2. The molecule has 126 valence electrons. The summed E-state index contributed by atoms with van der Waals surface area (Å²) in [6.45, 7) is 4.02. The number of amides is 2. The van der Waals surface area contributed by atoms with E-state index in [0.717, 1.165) is 31.6 Å². The molecule has 1 N–H and O–H groups in total. The van der Waals surface area contributed by atoms with E-state index < -0.39 is 0 Å². The fraction of sp³-hybridized carbons (Fsp3) is 0.611. The summed E-state index contributed by atoms with van der Waals surface area (Å²) in [5.74, 6) is 0.322. The number of hydrogen-bond donors (Lipinski definition) is 1. The molecule has 2 amide bonds. The highest BCUT2D eigenvalue weighted by Crippen LogP contribution is 2.28. The van der Waals surface area contributed by atoms with E-state index in [-0.39, 0.29) is 18.0 Å². The van der Waals surface area contributed by atoms with Crippen molar-refractivity contribution >= 4 is 11.7 Å². The molecule has 3 rings (SSSR count). The minimum atomic E-state index is -0.286. The van der Waals surface area contributed by atoms with Crippen molar-refractivity contribution in [3.8, 4) is 0 Å². The van der Waals surface area contributed by atoms with Crippen molar-refractivity contribution in [3.05, 3.63) is 29.6 Å². The van der Waals surface area contributed by atoms with E-state index >= 15 is 0 Å². The van der Waals surface area contributed by atoms with Gasteiger partial charge in [0.15, 0.2) is 0 Å². The van der Waals surface area contributed by atoms with Gasteiger partial charge in [-0.05, 0) is 62.3 Å². The summed E-state index contributed by atoms with van der Waals surface area (Å²) in [4.78, 5) is 14.6. The number of nitrogens with zero attached hydrogens (tertiary/aromatic N) is 1. The second kappa shape index (κ2) is 7.30. The molecule has 2 aliphatic rings. The van der Waals surface area contributed by atoms with Gasteiger partial charge in [0, 0.05) is 25.4 Å². The van der Waals surface area contributed by atoms with Gasteiger partial charge in [-0.2, -0.15) is 0 Å². The number of carbonyl (C=O) groups excluding carboxylic acids is 1. The fourth-order valence-corrected chi connectivity index (χ4v) is 3.22. The second-order valence-corrected chi connectivity index (χ2v) is 6.73. The summed E-state index contributed by atoms with van der Waals surface area (Å²) >= 11 is 0. The molecule has 1 unspecified atom stereocenters. The lowest BCUT2D eigenvalue weighted by molar-refractivity contribution is 0.0748. The highest BCUT2D eigenvalue weighted by atomic mass is 19.1. The number of hydrogen-bond acceptors (Lipinski definition) is 2. The minimum absolute atomic E-state index is 0.109. The predicted octanol–water partition coefficient (Wildman–Crippen LogP) is 3.95. The first-order valence-electron chi connectivity index (χ1n) is 8.55. The average molecular weight is 320 g/mol. The average Bonchev–Trinajstić information content (AvgIpc) is 2.97. The van der Waals surface area contributed by atoms with Crippen molar-refractivity contribution in [3.63, 3.8) is 0 Å². The van der Waals surface area contributed by atoms with Crippen molar-refractivity contribution in [1.82, 2.24) is 4.90 Å². The smallest absolute Gasteiger partial charge is 0.321 e. The first-order chi connectivity index (χ1) is 11.1. The maximum atomic E-state index is 13.2. The number of benzene rings is 1. The van der Waals surface area contributed by atoms with E-state index in [1.807, 2.05) is 4.90 Å². The molecule has 1 atom stereocenters. The zero-order valence-electron chi connectivity index (χ0n) is 13.7. The molecule has 1 aliphatic carbocycles. The molecule has 0 bridgehead atoms. The van der Waals surface area contributed by atoms with Crippen LogP contribution in [-0.2, 0) is 4.74 Å². The summed E-state index contributed by atoms with van der Waals surface area (Å²) in [6.07, 6.45) is 5.90. The SMILES string of the molecule is Cc1cc(F)ccc1NC(=O)N(CC1CCC1)CC1CCCO1. The van der Waals surface area contributed by atoms with Crippen molar-refractivity contribution in [2.24, 2.45) is 5.92 Å². The van der Waals surface area contributed by atoms with Crippen LogP contribution in [0.25, 0.3) is 0 Å². The van der Waals surface area contributed by atoms with Crippen molar-refractivity contribution in [1.29, 1.82) is 0 Å². The van der Waals surface area contributed by atoms with Crippen LogP contribution in [0, 0.1) is 18.7 Å². The lowest BCUT2D eigenvalue weighted by Crippen LogP contribution is -2.44. The molecule has 1 aromatic carbocycles. The lowest BCUT2D eigenvalue weighted by atomic mass is 9.85. The van der Waals surface area contributed by atoms with Gasteiger partial charge in [0.05, 0.1) is 6.10 Å². The van der Waals surface area contributed by atoms with Crippen molar-refractivity contribution in [2.45, 2.75) is 45.1 Å². The molecular formula is C18H25FN2O2. The van der Waals surface area contributed by atoms with E-state index in [4.69, 9.17) is 4.74 Å². The van der Waals surface area contributed by atoms with Crippen LogP contribution >= 0.6 is 0 Å². The molecule has 23 heavy (non-hydrogen) atoms. The van der Waals surface area contributed by atoms with Gasteiger partial charge in [-0.25, -0.2) is 9.18 Å². The highest BCUT2D eigenvalue weighted by molar-refractivity contribution is 5.90. The Kier molecular flexibility index (Phi) is 5.16. The Bertz CT molecular complexity index is 554. The summed E-state index contributed by atoms with van der Waals surface area (Å²) in [6, 6.07) is 4.32. The number of urea groups is 1. The first kappa shape index (κ1) is 16.2. The predicted molar refractivity (Wildman–Crippen MR) is 88.0 cm³/mol. The summed E-state index contributed by atoms with van der Waals surface area (Å²) in [5, 5.41) is 2.93. The molecule has 1 heterocycles. The van der Waals surface area contributed by atoms with Gasteiger partial charge in [0.1, 0.15) is 5.82 Å². The van der Waals surface area contributed by atoms with Gasteiger partial charge in [0.2, 0.25) is 0 Å². The van der Waals surface area contributed by atoms with Crippen LogP contribution in [0.1, 0.15) is 37.7 Å². The summed E-state index contributed by atoms with van der Waals surface area (Å²) < 4.78 is 18.9. The Morgan fingerprint density at radius 2 is 2.13 bits per heavy atom. The Morgan fingerprint density at radius 3 is 2.74 bits per heavy atom. The molecule has 1 saturated carbocycles. The number of ether oxygens (including phenoxy) is 1. The van der Waals surface area contributed by atoms with Crippen molar-refractivity contribution in [2.75, 3.05) is 25.0 Å². The molecule has 0 aromatic heterocycles. The van der Waals surface area contributed by atoms with Gasteiger partial charge in [-0.3, -0.25) is 0 Å². The van der Waals surface area contributed by atoms with Crippen LogP contribution in [0.5, 0.6) is 0 Å². The molecular weight excluding hydrogens is 295 g/mol. The molecule has 0 spiro atoms. The quantitative estimate of drug-likeness (QED) is 0.892. The minimum Gasteiger partial charge on any atom is -0.376 e. The topological polar surface area (TPSA) is 41.6 Å². The van der Waals surface area contributed by atoms with Gasteiger partial charge in [-0.1, -0.05) is 6.42 Å². The lowest BCUT2D eigenvalue weighted by Gasteiger charge is -2.33. The number of halogens is 1. The van der Waals surface area contributed by atoms with E-state index in [1.165, 1.54) is 31.4 Å². The molecule has 1 aromatic rings. The normalized spacial score (nSPS) is 21.0. The summed E-state index contributed by atoms with van der Waals surface area (Å²) in [5.41, 5.74) is 1.40. The van der Waals surface area contributed by atoms with E-state index in [1.54, 1.807) is 13.0 Å². The fourth-order valence-electron chi connectivity index (χ4n) is 3.22. The molecule has 1 saturated heterocycles. The second-order valence-electron chi connectivity index (χ2n) is 6.73. The number of rotatable bonds is 5. The summed E-state index contributed by atoms with van der Waals surface area (Å²) in [7, 11) is 0. The largest absolute Gasteiger partial charge is 0.376 e. The van der Waals surface area contributed by atoms with Crippen molar-refractivity contribution < 1.29 is 13.9 Å². The zero-order valence-corrected chi connectivity index (χ0v) is 13.7. The molecule has 2 fully saturated rings. The molecule has 5 heteroatoms. The van der Waals surface area contributed by atoms with Gasteiger partial charge in [-0.15, -0.1) is 0 Å². The van der Waals surface area contributed by atoms with Crippen LogP contribution in [-0.4, -0.2) is 36.7 Å². The highest BCUT2D eigenvalue weighted by Gasteiger charge is 2.27. The van der Waals surface area contributed by atoms with Gasteiger partial charge < -0.3 is 15.0 Å². The van der Waals surface area contributed by atoms with Crippen LogP contribution in [0.4, 0.5) is 14.9 Å². The Hall–Kier alpha value is -1.62. The Morgan fingerprint density at radius 1 is 1.30 bits per heavy atom. The number of carbonyl (C=O) groups is 1. The monoisotopic (exact) mass is 320 g/mol. The van der Waals surface area contributed by atoms with Gasteiger partial charge in [0.25, 0.3) is 0 Å². The maximum absolute atomic E-state index is 13.2. The van der Waals surface area contributed by atoms with E-state index in [9.17, 15) is 9.18 Å². The third kappa shape index (κ3) is 4.22. The standard InChI is InChI=1S/C18H25FN2O2/c1-13-10-15(19)7-8-17(13)20-18(22)21(11-14-4-2-5-14)12-16-6-3-9-23-16/h7-8,10,14,16H,2-6,9,11-12H2,1H3,(H,20,22). The third-order valence-corrected chi connectivity index (χ3v) is 4.87. The van der Waals surface area contributed by atoms with Crippen LogP contribution in [0.15, 0.2) is 18.2 Å². The Labute approximate surface area is 137 Å². The number of anilines is 1. The van der Waals surface area contributed by atoms with Gasteiger partial charge >= 0.3 is 6.03 Å². The van der Waals surface area contributed by atoms with E-state index in [0.29, 0.717) is 18.2 Å². The maximum Gasteiger partial charge on any atom is 0.321 e. The van der Waals surface area contributed by atoms with E-state index in [2.05, 4.69) is 5.32 Å². The Balaban J connectivity index is 1.65. The first-order valence-corrected chi connectivity index (χ1v) is 8.55. The third-order valence-electron chi connectivity index (χ3n) is 4.87. The van der Waals surface area contributed by atoms with Crippen LogP contribution in [0.3, 0.4) is 0 Å². The number of aryl methyl sites for hydroxylation is 1. The number of nitrogens with one attached hydrogen (secondary N) is 1. The van der Waals surface area contributed by atoms with Crippen LogP contribution < -0.4 is 5.32 Å². The molecule has 0 radical (unpaired) electrons. The molecule has 4 nitrogen and oxygen atoms in total. The van der Waals surface area contributed by atoms with Crippen LogP contribution in [0.2, 0.25) is 0 Å².